The molecule has 0 saturated carbocycles. The van der Waals surface area contributed by atoms with E-state index in [2.05, 4.69) is 35.0 Å². The SMILES string of the molecule is CCc1ccc(CNC(=O)NCc2cccc(C(=O)NCCN(C)C)c2)cc1. The predicted octanol–water partition coefficient (Wildman–Crippen LogP) is 2.54. The molecule has 3 amide bonds. The summed E-state index contributed by atoms with van der Waals surface area (Å²) < 4.78 is 0. The lowest BCUT2D eigenvalue weighted by Gasteiger charge is -2.11. The normalized spacial score (nSPS) is 10.6. The van der Waals surface area contributed by atoms with Crippen molar-refractivity contribution in [1.29, 1.82) is 0 Å². The molecule has 0 saturated heterocycles. The Morgan fingerprint density at radius 1 is 0.857 bits per heavy atom. The number of carbonyl (C=O) groups is 2. The number of benzene rings is 2. The molecule has 6 heteroatoms. The van der Waals surface area contributed by atoms with Gasteiger partial charge < -0.3 is 20.9 Å². The Bertz CT molecular complexity index is 772. The van der Waals surface area contributed by atoms with Crippen molar-refractivity contribution in [3.8, 4) is 0 Å². The van der Waals surface area contributed by atoms with Crippen LogP contribution in [-0.2, 0) is 19.5 Å². The zero-order valence-corrected chi connectivity index (χ0v) is 16.9. The lowest BCUT2D eigenvalue weighted by Crippen LogP contribution is -2.34. The third-order valence-corrected chi connectivity index (χ3v) is 4.37. The number of urea groups is 1. The Kier molecular flexibility index (Phi) is 8.49. The van der Waals surface area contributed by atoms with E-state index >= 15 is 0 Å². The first kappa shape index (κ1) is 21.4. The van der Waals surface area contributed by atoms with Crippen molar-refractivity contribution in [3.05, 3.63) is 70.8 Å². The fraction of sp³-hybridized carbons (Fsp3) is 0.364. The summed E-state index contributed by atoms with van der Waals surface area (Å²) in [5, 5.41) is 8.56. The van der Waals surface area contributed by atoms with Gasteiger partial charge in [-0.1, -0.05) is 43.3 Å². The van der Waals surface area contributed by atoms with Gasteiger partial charge >= 0.3 is 6.03 Å². The lowest BCUT2D eigenvalue weighted by molar-refractivity contribution is 0.0951. The monoisotopic (exact) mass is 382 g/mol. The van der Waals surface area contributed by atoms with E-state index in [1.807, 2.05) is 43.3 Å². The van der Waals surface area contributed by atoms with Gasteiger partial charge in [0.2, 0.25) is 0 Å². The van der Waals surface area contributed by atoms with E-state index in [-0.39, 0.29) is 11.9 Å². The Balaban J connectivity index is 1.78. The highest BCUT2D eigenvalue weighted by molar-refractivity contribution is 5.94. The molecule has 6 nitrogen and oxygen atoms in total. The maximum absolute atomic E-state index is 12.2. The van der Waals surface area contributed by atoms with Gasteiger partial charge in [0.25, 0.3) is 5.91 Å². The number of hydrogen-bond acceptors (Lipinski definition) is 3. The maximum Gasteiger partial charge on any atom is 0.315 e. The van der Waals surface area contributed by atoms with Crippen LogP contribution in [0.3, 0.4) is 0 Å². The summed E-state index contributed by atoms with van der Waals surface area (Å²) >= 11 is 0. The minimum Gasteiger partial charge on any atom is -0.351 e. The molecule has 2 aromatic rings. The maximum atomic E-state index is 12.2. The summed E-state index contributed by atoms with van der Waals surface area (Å²) in [6, 6.07) is 15.2. The molecule has 0 radical (unpaired) electrons. The van der Waals surface area contributed by atoms with Gasteiger partial charge in [-0.15, -0.1) is 0 Å². The zero-order chi connectivity index (χ0) is 20.4. The highest BCUT2D eigenvalue weighted by Gasteiger charge is 2.07. The van der Waals surface area contributed by atoms with E-state index in [9.17, 15) is 9.59 Å². The van der Waals surface area contributed by atoms with Crippen LogP contribution in [0.4, 0.5) is 4.79 Å². The smallest absolute Gasteiger partial charge is 0.315 e. The molecule has 0 spiro atoms. The van der Waals surface area contributed by atoms with Crippen LogP contribution < -0.4 is 16.0 Å². The van der Waals surface area contributed by atoms with Crippen LogP contribution in [0.1, 0.15) is 34.0 Å². The van der Waals surface area contributed by atoms with Gasteiger partial charge in [-0.05, 0) is 49.3 Å². The Morgan fingerprint density at radius 3 is 2.14 bits per heavy atom. The molecular weight excluding hydrogens is 352 g/mol. The number of carbonyl (C=O) groups excluding carboxylic acids is 2. The van der Waals surface area contributed by atoms with Crippen LogP contribution >= 0.6 is 0 Å². The van der Waals surface area contributed by atoms with Gasteiger partial charge in [0.1, 0.15) is 0 Å². The standard InChI is InChI=1S/C22H30N4O2/c1-4-17-8-10-18(11-9-17)15-24-22(28)25-16-19-6-5-7-20(14-19)21(27)23-12-13-26(2)3/h5-11,14H,4,12-13,15-16H2,1-3H3,(H,23,27)(H2,24,25,28). The first-order chi connectivity index (χ1) is 13.5. The quantitative estimate of drug-likeness (QED) is 0.624. The van der Waals surface area contributed by atoms with Crippen molar-refractivity contribution >= 4 is 11.9 Å². The number of rotatable bonds is 9. The molecule has 0 fully saturated rings. The second-order valence-corrected chi connectivity index (χ2v) is 6.97. The van der Waals surface area contributed by atoms with Crippen molar-refractivity contribution in [2.75, 3.05) is 27.2 Å². The van der Waals surface area contributed by atoms with Crippen molar-refractivity contribution in [2.24, 2.45) is 0 Å². The van der Waals surface area contributed by atoms with E-state index in [4.69, 9.17) is 0 Å². The fourth-order valence-electron chi connectivity index (χ4n) is 2.64. The van der Waals surface area contributed by atoms with Gasteiger partial charge in [-0.25, -0.2) is 4.79 Å². The summed E-state index contributed by atoms with van der Waals surface area (Å²) in [6.45, 7) is 4.33. The van der Waals surface area contributed by atoms with Crippen molar-refractivity contribution in [3.63, 3.8) is 0 Å². The van der Waals surface area contributed by atoms with Gasteiger partial charge in [0.05, 0.1) is 0 Å². The van der Waals surface area contributed by atoms with Crippen LogP contribution in [0.25, 0.3) is 0 Å². The van der Waals surface area contributed by atoms with Gasteiger partial charge in [0, 0.05) is 31.7 Å². The van der Waals surface area contributed by atoms with Crippen molar-refractivity contribution in [1.82, 2.24) is 20.9 Å². The van der Waals surface area contributed by atoms with Crippen LogP contribution in [0.2, 0.25) is 0 Å². The molecule has 150 valence electrons. The van der Waals surface area contributed by atoms with Gasteiger partial charge in [-0.2, -0.15) is 0 Å². The molecule has 0 aromatic heterocycles. The van der Waals surface area contributed by atoms with Gasteiger partial charge in [-0.3, -0.25) is 4.79 Å². The molecule has 3 N–H and O–H groups in total. The summed E-state index contributed by atoms with van der Waals surface area (Å²) in [5.74, 6) is -0.108. The lowest BCUT2D eigenvalue weighted by atomic mass is 10.1. The number of nitrogens with one attached hydrogen (secondary N) is 3. The summed E-state index contributed by atoms with van der Waals surface area (Å²) in [6.07, 6.45) is 1.00. The number of hydrogen-bond donors (Lipinski definition) is 3. The van der Waals surface area contributed by atoms with Crippen LogP contribution in [0.15, 0.2) is 48.5 Å². The zero-order valence-electron chi connectivity index (χ0n) is 16.9. The molecule has 0 atom stereocenters. The summed E-state index contributed by atoms with van der Waals surface area (Å²) in [4.78, 5) is 26.2. The van der Waals surface area contributed by atoms with E-state index in [1.54, 1.807) is 12.1 Å². The first-order valence-electron chi connectivity index (χ1n) is 9.59. The molecule has 2 rings (SSSR count). The predicted molar refractivity (Wildman–Crippen MR) is 112 cm³/mol. The van der Waals surface area contributed by atoms with Crippen molar-refractivity contribution in [2.45, 2.75) is 26.4 Å². The Hall–Kier alpha value is -2.86. The molecule has 2 aromatic carbocycles. The van der Waals surface area contributed by atoms with Gasteiger partial charge in [0.15, 0.2) is 0 Å². The molecule has 0 unspecified atom stereocenters. The van der Waals surface area contributed by atoms with E-state index in [0.29, 0.717) is 25.2 Å². The second kappa shape index (κ2) is 11.1. The second-order valence-electron chi connectivity index (χ2n) is 6.97. The third kappa shape index (κ3) is 7.40. The minimum absolute atomic E-state index is 0.108. The number of amides is 3. The molecular formula is C22H30N4O2. The van der Waals surface area contributed by atoms with Crippen LogP contribution in [0.5, 0.6) is 0 Å². The Labute approximate surface area is 167 Å². The number of likely N-dealkylation sites (N-methyl/N-ethyl adjacent to an activating group) is 1. The largest absolute Gasteiger partial charge is 0.351 e. The Morgan fingerprint density at radius 2 is 1.50 bits per heavy atom. The number of aryl methyl sites for hydroxylation is 1. The van der Waals surface area contributed by atoms with E-state index in [1.165, 1.54) is 5.56 Å². The molecule has 0 aliphatic carbocycles. The molecule has 0 heterocycles. The topological polar surface area (TPSA) is 73.5 Å². The molecule has 0 aliphatic rings. The molecule has 0 bridgehead atoms. The molecule has 0 aliphatic heterocycles. The highest BCUT2D eigenvalue weighted by Crippen LogP contribution is 2.06. The van der Waals surface area contributed by atoms with Crippen molar-refractivity contribution < 1.29 is 9.59 Å². The van der Waals surface area contributed by atoms with E-state index in [0.717, 1.165) is 24.1 Å². The molecule has 28 heavy (non-hydrogen) atoms. The summed E-state index contributed by atoms with van der Waals surface area (Å²) in [7, 11) is 3.92. The van der Waals surface area contributed by atoms with Crippen LogP contribution in [-0.4, -0.2) is 44.0 Å². The van der Waals surface area contributed by atoms with Crippen LogP contribution in [0, 0.1) is 0 Å². The number of nitrogens with zero attached hydrogens (tertiary/aromatic N) is 1. The van der Waals surface area contributed by atoms with E-state index < -0.39 is 0 Å². The summed E-state index contributed by atoms with van der Waals surface area (Å²) in [5.41, 5.74) is 3.81. The average molecular weight is 383 g/mol. The fourth-order valence-corrected chi connectivity index (χ4v) is 2.64. The minimum atomic E-state index is -0.236. The first-order valence-corrected chi connectivity index (χ1v) is 9.59. The third-order valence-electron chi connectivity index (χ3n) is 4.37. The highest BCUT2D eigenvalue weighted by atomic mass is 16.2. The average Bonchev–Trinajstić information content (AvgIpc) is 2.71.